The zero-order chi connectivity index (χ0) is 16.4. The van der Waals surface area contributed by atoms with Crippen LogP contribution in [-0.2, 0) is 4.79 Å². The Bertz CT molecular complexity index is 548. The first kappa shape index (κ1) is 16.1. The molecule has 1 aromatic carbocycles. The van der Waals surface area contributed by atoms with Crippen molar-refractivity contribution in [2.45, 2.75) is 63.5 Å². The van der Waals surface area contributed by atoms with Gasteiger partial charge in [-0.3, -0.25) is 9.69 Å². The summed E-state index contributed by atoms with van der Waals surface area (Å²) in [6.45, 7) is 2.98. The number of hydrogen-bond donors (Lipinski definition) is 0. The minimum Gasteiger partial charge on any atom is -0.333 e. The molecule has 4 rings (SSSR count). The summed E-state index contributed by atoms with van der Waals surface area (Å²) in [5.41, 5.74) is 1.31. The SMILES string of the molecule is O=C(CC1CCCCC1)N1CCN(C2CC2)CC1c1ccccc1. The third-order valence-corrected chi connectivity index (χ3v) is 6.17. The fourth-order valence-electron chi connectivity index (χ4n) is 4.59. The van der Waals surface area contributed by atoms with Crippen LogP contribution < -0.4 is 0 Å². The number of carbonyl (C=O) groups is 1. The van der Waals surface area contributed by atoms with E-state index in [1.165, 1.54) is 50.5 Å². The molecule has 0 spiro atoms. The van der Waals surface area contributed by atoms with Crippen LogP contribution in [0.25, 0.3) is 0 Å². The Morgan fingerprint density at radius 2 is 1.71 bits per heavy atom. The lowest BCUT2D eigenvalue weighted by Crippen LogP contribution is -2.51. The molecule has 3 nitrogen and oxygen atoms in total. The molecule has 1 saturated heterocycles. The monoisotopic (exact) mass is 326 g/mol. The van der Waals surface area contributed by atoms with Crippen LogP contribution >= 0.6 is 0 Å². The molecule has 3 heteroatoms. The Hall–Kier alpha value is -1.35. The summed E-state index contributed by atoms with van der Waals surface area (Å²) in [7, 11) is 0. The van der Waals surface area contributed by atoms with Crippen molar-refractivity contribution in [3.05, 3.63) is 35.9 Å². The molecular formula is C21H30N2O. The smallest absolute Gasteiger partial charge is 0.223 e. The fraction of sp³-hybridized carbons (Fsp3) is 0.667. The lowest BCUT2D eigenvalue weighted by atomic mass is 9.86. The largest absolute Gasteiger partial charge is 0.333 e. The third kappa shape index (κ3) is 3.66. The number of nitrogens with zero attached hydrogens (tertiary/aromatic N) is 2. The van der Waals surface area contributed by atoms with E-state index in [2.05, 4.69) is 40.1 Å². The normalized spacial score (nSPS) is 26.5. The van der Waals surface area contributed by atoms with Gasteiger partial charge in [-0.05, 0) is 37.2 Å². The lowest BCUT2D eigenvalue weighted by molar-refractivity contribution is -0.137. The molecule has 1 aliphatic heterocycles. The standard InChI is InChI=1S/C21H30N2O/c24-21(15-17-7-3-1-4-8-17)23-14-13-22(19-11-12-19)16-20(23)18-9-5-2-6-10-18/h2,5-6,9-10,17,19-20H,1,3-4,7-8,11-16H2. The number of carbonyl (C=O) groups excluding carboxylic acids is 1. The van der Waals surface area contributed by atoms with Gasteiger partial charge in [-0.2, -0.15) is 0 Å². The summed E-state index contributed by atoms with van der Waals surface area (Å²) >= 11 is 0. The molecule has 130 valence electrons. The van der Waals surface area contributed by atoms with Crippen LogP contribution in [-0.4, -0.2) is 41.4 Å². The van der Waals surface area contributed by atoms with Crippen LogP contribution in [0.4, 0.5) is 0 Å². The van der Waals surface area contributed by atoms with Crippen molar-refractivity contribution in [2.75, 3.05) is 19.6 Å². The summed E-state index contributed by atoms with van der Waals surface area (Å²) in [4.78, 5) is 17.9. The number of rotatable bonds is 4. The third-order valence-electron chi connectivity index (χ3n) is 6.17. The van der Waals surface area contributed by atoms with Crippen molar-refractivity contribution < 1.29 is 4.79 Å². The van der Waals surface area contributed by atoms with Crippen molar-refractivity contribution in [3.63, 3.8) is 0 Å². The van der Waals surface area contributed by atoms with Gasteiger partial charge in [0.1, 0.15) is 0 Å². The van der Waals surface area contributed by atoms with Crippen LogP contribution in [0.5, 0.6) is 0 Å². The maximum atomic E-state index is 13.0. The molecule has 1 aromatic rings. The number of benzene rings is 1. The molecule has 1 amide bonds. The summed E-state index contributed by atoms with van der Waals surface area (Å²) in [6, 6.07) is 11.7. The number of piperazine rings is 1. The van der Waals surface area contributed by atoms with Gasteiger partial charge in [0.25, 0.3) is 0 Å². The molecule has 24 heavy (non-hydrogen) atoms. The molecule has 0 N–H and O–H groups in total. The number of amides is 1. The molecule has 0 radical (unpaired) electrons. The molecule has 1 atom stereocenters. The van der Waals surface area contributed by atoms with E-state index in [1.807, 2.05) is 0 Å². The number of hydrogen-bond acceptors (Lipinski definition) is 2. The van der Waals surface area contributed by atoms with Gasteiger partial charge in [0.15, 0.2) is 0 Å². The van der Waals surface area contributed by atoms with E-state index in [0.29, 0.717) is 11.8 Å². The molecule has 1 heterocycles. The Morgan fingerprint density at radius 1 is 0.958 bits per heavy atom. The highest BCUT2D eigenvalue weighted by molar-refractivity contribution is 5.77. The van der Waals surface area contributed by atoms with Gasteiger partial charge in [-0.25, -0.2) is 0 Å². The minimum atomic E-state index is 0.247. The Balaban J connectivity index is 1.47. The van der Waals surface area contributed by atoms with E-state index in [4.69, 9.17) is 0 Å². The summed E-state index contributed by atoms with van der Waals surface area (Å²) < 4.78 is 0. The van der Waals surface area contributed by atoms with Gasteiger partial charge in [0.05, 0.1) is 6.04 Å². The fourth-order valence-corrected chi connectivity index (χ4v) is 4.59. The summed E-state index contributed by atoms with van der Waals surface area (Å²) in [5.74, 6) is 1.02. The molecule has 0 bridgehead atoms. The second-order valence-corrected chi connectivity index (χ2v) is 7.95. The average molecular weight is 326 g/mol. The van der Waals surface area contributed by atoms with Crippen molar-refractivity contribution in [1.82, 2.24) is 9.80 Å². The summed E-state index contributed by atoms with van der Waals surface area (Å²) in [5, 5.41) is 0. The predicted octanol–water partition coefficient (Wildman–Crippen LogP) is 4.00. The second kappa shape index (κ2) is 7.26. The molecule has 2 saturated carbocycles. The van der Waals surface area contributed by atoms with Gasteiger partial charge in [0, 0.05) is 32.1 Å². The zero-order valence-electron chi connectivity index (χ0n) is 14.7. The molecule has 0 aromatic heterocycles. The Morgan fingerprint density at radius 3 is 2.42 bits per heavy atom. The van der Waals surface area contributed by atoms with E-state index in [0.717, 1.165) is 32.1 Å². The van der Waals surface area contributed by atoms with Gasteiger partial charge < -0.3 is 4.90 Å². The first-order valence-electron chi connectivity index (χ1n) is 9.90. The Labute approximate surface area is 146 Å². The quantitative estimate of drug-likeness (QED) is 0.835. The van der Waals surface area contributed by atoms with E-state index in [1.54, 1.807) is 0 Å². The van der Waals surface area contributed by atoms with Crippen molar-refractivity contribution >= 4 is 5.91 Å². The average Bonchev–Trinajstić information content (AvgIpc) is 3.48. The summed E-state index contributed by atoms with van der Waals surface area (Å²) in [6.07, 6.45) is 9.96. The van der Waals surface area contributed by atoms with Crippen molar-refractivity contribution in [2.24, 2.45) is 5.92 Å². The van der Waals surface area contributed by atoms with Crippen LogP contribution in [0.1, 0.15) is 63.0 Å². The lowest BCUT2D eigenvalue weighted by Gasteiger charge is -2.42. The first-order valence-corrected chi connectivity index (χ1v) is 9.90. The van der Waals surface area contributed by atoms with Gasteiger partial charge >= 0.3 is 0 Å². The van der Waals surface area contributed by atoms with Gasteiger partial charge in [0.2, 0.25) is 5.91 Å². The highest BCUT2D eigenvalue weighted by Gasteiger charge is 2.38. The van der Waals surface area contributed by atoms with E-state index in [-0.39, 0.29) is 6.04 Å². The van der Waals surface area contributed by atoms with E-state index in [9.17, 15) is 4.79 Å². The highest BCUT2D eigenvalue weighted by atomic mass is 16.2. The maximum Gasteiger partial charge on any atom is 0.223 e. The van der Waals surface area contributed by atoms with Crippen LogP contribution in [0.2, 0.25) is 0 Å². The van der Waals surface area contributed by atoms with Crippen molar-refractivity contribution in [1.29, 1.82) is 0 Å². The van der Waals surface area contributed by atoms with Crippen molar-refractivity contribution in [3.8, 4) is 0 Å². The molecule has 1 unspecified atom stereocenters. The Kier molecular flexibility index (Phi) is 4.88. The maximum absolute atomic E-state index is 13.0. The van der Waals surface area contributed by atoms with E-state index >= 15 is 0 Å². The van der Waals surface area contributed by atoms with Gasteiger partial charge in [-0.15, -0.1) is 0 Å². The molecular weight excluding hydrogens is 296 g/mol. The van der Waals surface area contributed by atoms with Crippen LogP contribution in [0, 0.1) is 5.92 Å². The first-order chi connectivity index (χ1) is 11.8. The van der Waals surface area contributed by atoms with Crippen LogP contribution in [0.15, 0.2) is 30.3 Å². The molecule has 2 aliphatic carbocycles. The van der Waals surface area contributed by atoms with E-state index < -0.39 is 0 Å². The molecule has 3 fully saturated rings. The van der Waals surface area contributed by atoms with Gasteiger partial charge in [-0.1, -0.05) is 49.6 Å². The zero-order valence-corrected chi connectivity index (χ0v) is 14.7. The minimum absolute atomic E-state index is 0.247. The predicted molar refractivity (Wildman–Crippen MR) is 96.7 cm³/mol. The van der Waals surface area contributed by atoms with Crippen LogP contribution in [0.3, 0.4) is 0 Å². The highest BCUT2D eigenvalue weighted by Crippen LogP contribution is 2.35. The molecule has 3 aliphatic rings. The topological polar surface area (TPSA) is 23.6 Å². The second-order valence-electron chi connectivity index (χ2n) is 7.95.